The lowest BCUT2D eigenvalue weighted by molar-refractivity contribution is -0.141. The first-order valence-corrected chi connectivity index (χ1v) is 7.03. The maximum Gasteiger partial charge on any atom is 0.326 e. The van der Waals surface area contributed by atoms with E-state index in [4.69, 9.17) is 9.84 Å². The van der Waals surface area contributed by atoms with Crippen molar-refractivity contribution in [2.75, 3.05) is 19.0 Å². The first-order valence-electron chi connectivity index (χ1n) is 6.24. The number of amides is 2. The van der Waals surface area contributed by atoms with Crippen molar-refractivity contribution in [2.45, 2.75) is 18.6 Å². The average Bonchev–Trinajstić information content (AvgIpc) is 2.83. The summed E-state index contributed by atoms with van der Waals surface area (Å²) in [4.78, 5) is 24.4. The van der Waals surface area contributed by atoms with Gasteiger partial charge in [-0.25, -0.2) is 9.59 Å². The molecule has 1 aliphatic heterocycles. The van der Waals surface area contributed by atoms with E-state index in [1.165, 1.54) is 7.11 Å². The van der Waals surface area contributed by atoms with E-state index in [-0.39, 0.29) is 13.0 Å². The summed E-state index contributed by atoms with van der Waals surface area (Å²) in [5, 5.41) is 21.3. The number of hydrogen-bond acceptors (Lipinski definition) is 4. The van der Waals surface area contributed by atoms with Gasteiger partial charge in [0.05, 0.1) is 18.9 Å². The van der Waals surface area contributed by atoms with Crippen LogP contribution in [0, 0.1) is 0 Å². The summed E-state index contributed by atoms with van der Waals surface area (Å²) >= 11 is 3.30. The van der Waals surface area contributed by atoms with Gasteiger partial charge in [-0.1, -0.05) is 0 Å². The van der Waals surface area contributed by atoms with Crippen LogP contribution in [-0.2, 0) is 4.79 Å². The number of anilines is 1. The largest absolute Gasteiger partial charge is 0.497 e. The van der Waals surface area contributed by atoms with Gasteiger partial charge in [-0.2, -0.15) is 0 Å². The fourth-order valence-corrected chi connectivity index (χ4v) is 2.53. The molecule has 2 amide bonds. The highest BCUT2D eigenvalue weighted by Crippen LogP contribution is 2.28. The number of carboxylic acids is 1. The van der Waals surface area contributed by atoms with Gasteiger partial charge in [0.15, 0.2) is 0 Å². The Morgan fingerprint density at radius 1 is 1.48 bits per heavy atom. The fourth-order valence-electron chi connectivity index (χ4n) is 2.19. The quantitative estimate of drug-likeness (QED) is 0.760. The zero-order chi connectivity index (χ0) is 15.6. The Kier molecular flexibility index (Phi) is 4.69. The molecular weight excluding hydrogens is 344 g/mol. The number of nitrogens with zero attached hydrogens (tertiary/aromatic N) is 1. The van der Waals surface area contributed by atoms with Crippen LogP contribution in [0.2, 0.25) is 0 Å². The van der Waals surface area contributed by atoms with Gasteiger partial charge in [-0.3, -0.25) is 0 Å². The van der Waals surface area contributed by atoms with Gasteiger partial charge in [0.2, 0.25) is 0 Å². The van der Waals surface area contributed by atoms with Gasteiger partial charge < -0.3 is 25.2 Å². The highest BCUT2D eigenvalue weighted by Gasteiger charge is 2.39. The number of aliphatic hydroxyl groups excluding tert-OH is 1. The third-order valence-electron chi connectivity index (χ3n) is 3.24. The van der Waals surface area contributed by atoms with Crippen molar-refractivity contribution in [3.05, 3.63) is 22.7 Å². The number of β-amino-alcohol motifs (C(OH)–C–C–N with tert-alkyl or cyclic N) is 1. The predicted octanol–water partition coefficient (Wildman–Crippen LogP) is 1.51. The van der Waals surface area contributed by atoms with Crippen LogP contribution in [0.25, 0.3) is 0 Å². The summed E-state index contributed by atoms with van der Waals surface area (Å²) in [7, 11) is 1.51. The van der Waals surface area contributed by atoms with Gasteiger partial charge in [0.1, 0.15) is 11.8 Å². The minimum absolute atomic E-state index is 0.00954. The topological polar surface area (TPSA) is 99.1 Å². The number of likely N-dealkylation sites (tertiary alicyclic amines) is 1. The first-order chi connectivity index (χ1) is 9.92. The Morgan fingerprint density at radius 2 is 2.19 bits per heavy atom. The van der Waals surface area contributed by atoms with Crippen LogP contribution >= 0.6 is 15.9 Å². The summed E-state index contributed by atoms with van der Waals surface area (Å²) in [6, 6.07) is 3.45. The van der Waals surface area contributed by atoms with Crippen molar-refractivity contribution in [1.82, 2.24) is 4.90 Å². The number of carbonyl (C=O) groups excluding carboxylic acids is 1. The minimum atomic E-state index is -1.13. The van der Waals surface area contributed by atoms with Gasteiger partial charge in [-0.05, 0) is 28.1 Å². The van der Waals surface area contributed by atoms with Gasteiger partial charge in [-0.15, -0.1) is 0 Å². The summed E-state index contributed by atoms with van der Waals surface area (Å²) in [5.74, 6) is -0.573. The molecule has 2 atom stereocenters. The lowest BCUT2D eigenvalue weighted by Gasteiger charge is -2.22. The van der Waals surface area contributed by atoms with Gasteiger partial charge >= 0.3 is 12.0 Å². The Labute approximate surface area is 129 Å². The number of rotatable bonds is 3. The fraction of sp³-hybridized carbons (Fsp3) is 0.385. The van der Waals surface area contributed by atoms with Crippen molar-refractivity contribution in [2.24, 2.45) is 0 Å². The maximum absolute atomic E-state index is 12.2. The molecule has 1 heterocycles. The number of nitrogens with one attached hydrogen (secondary N) is 1. The van der Waals surface area contributed by atoms with Crippen molar-refractivity contribution in [3.8, 4) is 5.75 Å². The number of aliphatic carboxylic acids is 1. The second-order valence-corrected chi connectivity index (χ2v) is 5.53. The third-order valence-corrected chi connectivity index (χ3v) is 3.93. The number of carbonyl (C=O) groups is 2. The number of methoxy groups -OCH3 is 1. The smallest absolute Gasteiger partial charge is 0.326 e. The van der Waals surface area contributed by atoms with Gasteiger partial charge in [0, 0.05) is 23.5 Å². The first kappa shape index (κ1) is 15.6. The molecule has 0 bridgehead atoms. The van der Waals surface area contributed by atoms with Crippen molar-refractivity contribution in [3.63, 3.8) is 0 Å². The molecule has 0 saturated carbocycles. The minimum Gasteiger partial charge on any atom is -0.497 e. The van der Waals surface area contributed by atoms with Crippen LogP contribution in [0.5, 0.6) is 5.75 Å². The zero-order valence-corrected chi connectivity index (χ0v) is 12.8. The number of carboxylic acid groups (broad SMARTS) is 1. The average molecular weight is 359 g/mol. The molecule has 0 spiro atoms. The molecule has 1 saturated heterocycles. The lowest BCUT2D eigenvalue weighted by atomic mass is 10.2. The molecule has 2 unspecified atom stereocenters. The second-order valence-electron chi connectivity index (χ2n) is 4.67. The monoisotopic (exact) mass is 358 g/mol. The van der Waals surface area contributed by atoms with Crippen molar-refractivity contribution >= 4 is 33.6 Å². The van der Waals surface area contributed by atoms with E-state index in [2.05, 4.69) is 21.2 Å². The number of ether oxygens (including phenoxy) is 1. The van der Waals surface area contributed by atoms with E-state index in [1.807, 2.05) is 0 Å². The molecule has 1 aromatic rings. The molecular formula is C13H15BrN2O5. The summed E-state index contributed by atoms with van der Waals surface area (Å²) in [6.45, 7) is -0.00954. The Bertz CT molecular complexity index is 565. The summed E-state index contributed by atoms with van der Waals surface area (Å²) in [6.07, 6.45) is -0.798. The van der Waals surface area contributed by atoms with Crippen molar-refractivity contribution in [1.29, 1.82) is 0 Å². The van der Waals surface area contributed by atoms with Crippen LogP contribution in [0.15, 0.2) is 22.7 Å². The molecule has 1 aromatic carbocycles. The molecule has 7 nitrogen and oxygen atoms in total. The van der Waals surface area contributed by atoms with Crippen LogP contribution in [0.1, 0.15) is 6.42 Å². The van der Waals surface area contributed by atoms with E-state index in [0.29, 0.717) is 15.9 Å². The van der Waals surface area contributed by atoms with Crippen LogP contribution in [0.3, 0.4) is 0 Å². The molecule has 8 heteroatoms. The normalized spacial score (nSPS) is 21.2. The van der Waals surface area contributed by atoms with E-state index in [1.54, 1.807) is 18.2 Å². The molecule has 0 aromatic heterocycles. The summed E-state index contributed by atoms with van der Waals surface area (Å²) in [5.41, 5.74) is 0.463. The Balaban J connectivity index is 2.16. The second kappa shape index (κ2) is 6.31. The van der Waals surface area contributed by atoms with Crippen LogP contribution in [0.4, 0.5) is 10.5 Å². The summed E-state index contributed by atoms with van der Waals surface area (Å²) < 4.78 is 5.72. The molecule has 2 rings (SSSR count). The molecule has 114 valence electrons. The van der Waals surface area contributed by atoms with Crippen molar-refractivity contribution < 1.29 is 24.5 Å². The number of benzene rings is 1. The Morgan fingerprint density at radius 3 is 2.81 bits per heavy atom. The number of halogens is 1. The molecule has 1 fully saturated rings. The van der Waals surface area contributed by atoms with Crippen LogP contribution in [-0.4, -0.2) is 52.9 Å². The number of urea groups is 1. The highest BCUT2D eigenvalue weighted by molar-refractivity contribution is 9.10. The molecule has 0 radical (unpaired) electrons. The predicted molar refractivity (Wildman–Crippen MR) is 78.5 cm³/mol. The standard InChI is InChI=1S/C13H15BrN2O5/c1-21-8-2-3-9(14)10(5-8)15-13(20)16-6-7(17)4-11(16)12(18)19/h2-3,5,7,11,17H,4,6H2,1H3,(H,15,20)(H,18,19). The van der Waals surface area contributed by atoms with E-state index >= 15 is 0 Å². The molecule has 3 N–H and O–H groups in total. The molecule has 0 aliphatic carbocycles. The SMILES string of the molecule is COc1ccc(Br)c(NC(=O)N2CC(O)CC2C(=O)O)c1. The number of aliphatic hydroxyl groups is 1. The number of hydrogen-bond donors (Lipinski definition) is 3. The van der Waals surface area contributed by atoms with E-state index < -0.39 is 24.1 Å². The maximum atomic E-state index is 12.2. The van der Waals surface area contributed by atoms with Gasteiger partial charge in [0.25, 0.3) is 0 Å². The molecule has 21 heavy (non-hydrogen) atoms. The highest BCUT2D eigenvalue weighted by atomic mass is 79.9. The van der Waals surface area contributed by atoms with E-state index in [0.717, 1.165) is 4.90 Å². The molecule has 1 aliphatic rings. The third kappa shape index (κ3) is 3.45. The lowest BCUT2D eigenvalue weighted by Crippen LogP contribution is -2.43. The van der Waals surface area contributed by atoms with Crippen LogP contribution < -0.4 is 10.1 Å². The Hall–Kier alpha value is -1.80. The zero-order valence-electron chi connectivity index (χ0n) is 11.2. The van der Waals surface area contributed by atoms with E-state index in [9.17, 15) is 14.7 Å².